The molecule has 16 heavy (non-hydrogen) atoms. The summed E-state index contributed by atoms with van der Waals surface area (Å²) in [6, 6.07) is 6.90. The van der Waals surface area contributed by atoms with Gasteiger partial charge in [0.05, 0.1) is 6.10 Å². The van der Waals surface area contributed by atoms with Gasteiger partial charge in [-0.15, -0.1) is 0 Å². The van der Waals surface area contributed by atoms with Crippen molar-refractivity contribution in [3.05, 3.63) is 35.6 Å². The maximum atomic E-state index is 12.8. The highest BCUT2D eigenvalue weighted by Crippen LogP contribution is 2.11. The molecule has 0 heterocycles. The zero-order valence-corrected chi connectivity index (χ0v) is 10.2. The SMILES string of the molecule is CCC(OC)C(Cc1ccc(F)cc1)NC. The Bertz CT molecular complexity index is 295. The van der Waals surface area contributed by atoms with Crippen LogP contribution in [-0.2, 0) is 11.2 Å². The predicted octanol–water partition coefficient (Wildman–Crippen LogP) is 2.38. The van der Waals surface area contributed by atoms with Crippen LogP contribution in [0.2, 0.25) is 0 Å². The third-order valence-electron chi connectivity index (χ3n) is 2.89. The van der Waals surface area contributed by atoms with Crippen molar-refractivity contribution in [3.8, 4) is 0 Å². The number of halogens is 1. The Morgan fingerprint density at radius 2 is 1.94 bits per heavy atom. The molecule has 0 bridgehead atoms. The highest BCUT2D eigenvalue weighted by Gasteiger charge is 2.17. The average molecular weight is 225 g/mol. The minimum Gasteiger partial charge on any atom is -0.380 e. The molecule has 0 saturated carbocycles. The van der Waals surface area contributed by atoms with E-state index >= 15 is 0 Å². The standard InChI is InChI=1S/C13H20FNO/c1-4-13(16-3)12(15-2)9-10-5-7-11(14)8-6-10/h5-8,12-13,15H,4,9H2,1-3H3. The van der Waals surface area contributed by atoms with Crippen molar-refractivity contribution in [3.63, 3.8) is 0 Å². The molecule has 0 aliphatic rings. The van der Waals surface area contributed by atoms with Crippen LogP contribution in [0.4, 0.5) is 4.39 Å². The molecular formula is C13H20FNO. The minimum atomic E-state index is -0.191. The third kappa shape index (κ3) is 3.58. The number of nitrogens with one attached hydrogen (secondary N) is 1. The van der Waals surface area contributed by atoms with E-state index in [-0.39, 0.29) is 18.0 Å². The largest absolute Gasteiger partial charge is 0.380 e. The molecule has 2 atom stereocenters. The minimum absolute atomic E-state index is 0.190. The summed E-state index contributed by atoms with van der Waals surface area (Å²) in [6.07, 6.45) is 2.00. The first-order valence-corrected chi connectivity index (χ1v) is 5.65. The first kappa shape index (κ1) is 13.1. The van der Waals surface area contributed by atoms with E-state index in [1.165, 1.54) is 12.1 Å². The van der Waals surface area contributed by atoms with Gasteiger partial charge in [-0.05, 0) is 37.6 Å². The van der Waals surface area contributed by atoms with Gasteiger partial charge in [0.1, 0.15) is 5.82 Å². The summed E-state index contributed by atoms with van der Waals surface area (Å²) in [5, 5.41) is 3.25. The third-order valence-corrected chi connectivity index (χ3v) is 2.89. The fourth-order valence-corrected chi connectivity index (χ4v) is 1.91. The lowest BCUT2D eigenvalue weighted by Gasteiger charge is -2.24. The Morgan fingerprint density at radius 3 is 2.38 bits per heavy atom. The number of rotatable bonds is 6. The lowest BCUT2D eigenvalue weighted by Crippen LogP contribution is -2.40. The van der Waals surface area contributed by atoms with Gasteiger partial charge in [-0.3, -0.25) is 0 Å². The van der Waals surface area contributed by atoms with E-state index in [4.69, 9.17) is 4.74 Å². The topological polar surface area (TPSA) is 21.3 Å². The molecule has 2 nitrogen and oxygen atoms in total. The van der Waals surface area contributed by atoms with Crippen molar-refractivity contribution in [2.24, 2.45) is 0 Å². The van der Waals surface area contributed by atoms with Gasteiger partial charge in [0.25, 0.3) is 0 Å². The van der Waals surface area contributed by atoms with Crippen molar-refractivity contribution in [1.82, 2.24) is 5.32 Å². The van der Waals surface area contributed by atoms with Crippen molar-refractivity contribution in [2.75, 3.05) is 14.2 Å². The first-order valence-electron chi connectivity index (χ1n) is 5.65. The normalized spacial score (nSPS) is 14.8. The van der Waals surface area contributed by atoms with Crippen LogP contribution in [0.5, 0.6) is 0 Å². The van der Waals surface area contributed by atoms with Gasteiger partial charge in [-0.2, -0.15) is 0 Å². The Hall–Kier alpha value is -0.930. The Morgan fingerprint density at radius 1 is 1.31 bits per heavy atom. The summed E-state index contributed by atoms with van der Waals surface area (Å²) in [6.45, 7) is 2.10. The molecule has 1 aromatic rings. The molecule has 0 amide bonds. The second kappa shape index (κ2) is 6.61. The van der Waals surface area contributed by atoms with Gasteiger partial charge in [-0.25, -0.2) is 4.39 Å². The molecule has 90 valence electrons. The predicted molar refractivity (Wildman–Crippen MR) is 64.0 cm³/mol. The summed E-state index contributed by atoms with van der Waals surface area (Å²) >= 11 is 0. The molecule has 0 radical (unpaired) electrons. The quantitative estimate of drug-likeness (QED) is 0.802. The summed E-state index contributed by atoms with van der Waals surface area (Å²) in [5.41, 5.74) is 1.12. The number of hydrogen-bond donors (Lipinski definition) is 1. The molecule has 1 aromatic carbocycles. The molecule has 0 fully saturated rings. The van der Waals surface area contributed by atoms with Crippen LogP contribution in [0.25, 0.3) is 0 Å². The summed E-state index contributed by atoms with van der Waals surface area (Å²) in [7, 11) is 3.65. The molecule has 1 N–H and O–H groups in total. The lowest BCUT2D eigenvalue weighted by atomic mass is 10.00. The van der Waals surface area contributed by atoms with E-state index in [1.54, 1.807) is 7.11 Å². The van der Waals surface area contributed by atoms with Gasteiger partial charge in [-0.1, -0.05) is 19.1 Å². The van der Waals surface area contributed by atoms with Gasteiger partial charge in [0, 0.05) is 13.2 Å². The summed E-state index contributed by atoms with van der Waals surface area (Å²) in [4.78, 5) is 0. The number of methoxy groups -OCH3 is 1. The van der Waals surface area contributed by atoms with E-state index < -0.39 is 0 Å². The molecule has 2 unspecified atom stereocenters. The first-order chi connectivity index (χ1) is 7.71. The van der Waals surface area contributed by atoms with E-state index in [2.05, 4.69) is 12.2 Å². The summed E-state index contributed by atoms with van der Waals surface area (Å²) in [5.74, 6) is -0.191. The average Bonchev–Trinajstić information content (AvgIpc) is 2.32. The second-order valence-corrected chi connectivity index (χ2v) is 3.91. The Balaban J connectivity index is 2.65. The highest BCUT2D eigenvalue weighted by molar-refractivity contribution is 5.17. The van der Waals surface area contributed by atoms with Crippen LogP contribution >= 0.6 is 0 Å². The molecule has 3 heteroatoms. The number of ether oxygens (including phenoxy) is 1. The van der Waals surface area contributed by atoms with Crippen LogP contribution in [0.3, 0.4) is 0 Å². The Kier molecular flexibility index (Phi) is 5.43. The second-order valence-electron chi connectivity index (χ2n) is 3.91. The van der Waals surface area contributed by atoms with Gasteiger partial charge < -0.3 is 10.1 Å². The van der Waals surface area contributed by atoms with Gasteiger partial charge in [0.15, 0.2) is 0 Å². The molecule has 1 rings (SSSR count). The molecule has 0 saturated heterocycles. The molecular weight excluding hydrogens is 205 g/mol. The van der Waals surface area contributed by atoms with Crippen LogP contribution in [0, 0.1) is 5.82 Å². The maximum Gasteiger partial charge on any atom is 0.123 e. The number of benzene rings is 1. The van der Waals surface area contributed by atoms with E-state index in [9.17, 15) is 4.39 Å². The smallest absolute Gasteiger partial charge is 0.123 e. The van der Waals surface area contributed by atoms with E-state index in [1.807, 2.05) is 19.2 Å². The summed E-state index contributed by atoms with van der Waals surface area (Å²) < 4.78 is 18.2. The Labute approximate surface area is 96.8 Å². The fourth-order valence-electron chi connectivity index (χ4n) is 1.91. The molecule has 0 aromatic heterocycles. The van der Waals surface area contributed by atoms with Crippen LogP contribution < -0.4 is 5.32 Å². The fraction of sp³-hybridized carbons (Fsp3) is 0.538. The van der Waals surface area contributed by atoms with Crippen molar-refractivity contribution < 1.29 is 9.13 Å². The van der Waals surface area contributed by atoms with E-state index in [0.29, 0.717) is 0 Å². The van der Waals surface area contributed by atoms with Gasteiger partial charge in [0.2, 0.25) is 0 Å². The highest BCUT2D eigenvalue weighted by atomic mass is 19.1. The lowest BCUT2D eigenvalue weighted by molar-refractivity contribution is 0.0678. The molecule has 0 aliphatic heterocycles. The van der Waals surface area contributed by atoms with Crippen LogP contribution in [0.1, 0.15) is 18.9 Å². The van der Waals surface area contributed by atoms with E-state index in [0.717, 1.165) is 18.4 Å². The van der Waals surface area contributed by atoms with Gasteiger partial charge >= 0.3 is 0 Å². The van der Waals surface area contributed by atoms with Crippen molar-refractivity contribution in [2.45, 2.75) is 31.9 Å². The number of likely N-dealkylation sites (N-methyl/N-ethyl adjacent to an activating group) is 1. The van der Waals surface area contributed by atoms with Crippen molar-refractivity contribution >= 4 is 0 Å². The zero-order valence-electron chi connectivity index (χ0n) is 10.2. The molecule has 0 aliphatic carbocycles. The van der Waals surface area contributed by atoms with Crippen LogP contribution in [0.15, 0.2) is 24.3 Å². The maximum absolute atomic E-state index is 12.8. The van der Waals surface area contributed by atoms with Crippen molar-refractivity contribution in [1.29, 1.82) is 0 Å². The molecule has 0 spiro atoms. The van der Waals surface area contributed by atoms with Crippen LogP contribution in [-0.4, -0.2) is 26.3 Å². The number of hydrogen-bond acceptors (Lipinski definition) is 2. The monoisotopic (exact) mass is 225 g/mol. The zero-order chi connectivity index (χ0) is 12.0.